The Kier molecular flexibility index (Phi) is 3.12. The van der Waals surface area contributed by atoms with Crippen LogP contribution in [0.5, 0.6) is 11.5 Å². The molecule has 23 heavy (non-hydrogen) atoms. The molecule has 2 aromatic rings. The molecule has 2 heterocycles. The molecule has 0 unspecified atom stereocenters. The SMILES string of the molecule is CN1CCc2cc(NS(=O)(=O)c3ccc4c(c3)OCO4)ccc21. The van der Waals surface area contributed by atoms with Gasteiger partial charge in [-0.2, -0.15) is 0 Å². The van der Waals surface area contributed by atoms with Gasteiger partial charge in [0.1, 0.15) is 0 Å². The van der Waals surface area contributed by atoms with E-state index >= 15 is 0 Å². The standard InChI is InChI=1S/C16H16N2O4S/c1-18-7-6-11-8-12(2-4-14(11)18)17-23(19,20)13-3-5-15-16(9-13)22-10-21-15/h2-5,8-9,17H,6-7,10H2,1H3. The quantitative estimate of drug-likeness (QED) is 0.933. The molecular formula is C16H16N2O4S. The van der Waals surface area contributed by atoms with Crippen molar-refractivity contribution in [2.24, 2.45) is 0 Å². The minimum Gasteiger partial charge on any atom is -0.454 e. The summed E-state index contributed by atoms with van der Waals surface area (Å²) in [5.74, 6) is 1.01. The lowest BCUT2D eigenvalue weighted by Gasteiger charge is -2.13. The summed E-state index contributed by atoms with van der Waals surface area (Å²) >= 11 is 0. The Morgan fingerprint density at radius 2 is 1.91 bits per heavy atom. The van der Waals surface area contributed by atoms with Crippen molar-refractivity contribution in [2.75, 3.05) is 30.0 Å². The van der Waals surface area contributed by atoms with E-state index in [0.29, 0.717) is 17.2 Å². The first-order chi connectivity index (χ1) is 11.0. The van der Waals surface area contributed by atoms with Gasteiger partial charge in [-0.25, -0.2) is 8.42 Å². The molecule has 0 spiro atoms. The molecule has 0 saturated heterocycles. The number of ether oxygens (including phenoxy) is 2. The van der Waals surface area contributed by atoms with Crippen LogP contribution in [0.1, 0.15) is 5.56 Å². The Morgan fingerprint density at radius 1 is 1.09 bits per heavy atom. The molecule has 2 aromatic carbocycles. The normalized spacial score (nSPS) is 15.6. The molecule has 7 heteroatoms. The van der Waals surface area contributed by atoms with Crippen molar-refractivity contribution in [1.82, 2.24) is 0 Å². The summed E-state index contributed by atoms with van der Waals surface area (Å²) in [6.45, 7) is 1.07. The van der Waals surface area contributed by atoms with Crippen molar-refractivity contribution in [3.63, 3.8) is 0 Å². The van der Waals surface area contributed by atoms with Crippen molar-refractivity contribution < 1.29 is 17.9 Å². The number of anilines is 2. The number of nitrogens with zero attached hydrogens (tertiary/aromatic N) is 1. The van der Waals surface area contributed by atoms with E-state index in [2.05, 4.69) is 9.62 Å². The summed E-state index contributed by atoms with van der Waals surface area (Å²) in [5.41, 5.74) is 2.87. The molecule has 0 fully saturated rings. The Bertz CT molecular complexity index is 880. The third-order valence-electron chi connectivity index (χ3n) is 4.11. The zero-order valence-electron chi connectivity index (χ0n) is 12.6. The Hall–Kier alpha value is -2.41. The molecule has 0 atom stereocenters. The second-order valence-electron chi connectivity index (χ2n) is 5.64. The number of hydrogen-bond acceptors (Lipinski definition) is 5. The Labute approximate surface area is 134 Å². The number of likely N-dealkylation sites (N-methyl/N-ethyl adjacent to an activating group) is 1. The number of nitrogens with one attached hydrogen (secondary N) is 1. The van der Waals surface area contributed by atoms with Gasteiger partial charge in [-0.3, -0.25) is 4.72 Å². The van der Waals surface area contributed by atoms with Crippen LogP contribution in [-0.2, 0) is 16.4 Å². The molecule has 2 aliphatic heterocycles. The van der Waals surface area contributed by atoms with E-state index in [0.717, 1.165) is 24.2 Å². The van der Waals surface area contributed by atoms with Crippen LogP contribution in [-0.4, -0.2) is 28.8 Å². The smallest absolute Gasteiger partial charge is 0.262 e. The summed E-state index contributed by atoms with van der Waals surface area (Å²) in [4.78, 5) is 2.31. The Balaban J connectivity index is 1.63. The fourth-order valence-corrected chi connectivity index (χ4v) is 3.95. The Morgan fingerprint density at radius 3 is 2.78 bits per heavy atom. The predicted octanol–water partition coefficient (Wildman–Crippen LogP) is 2.21. The third-order valence-corrected chi connectivity index (χ3v) is 5.49. The van der Waals surface area contributed by atoms with Gasteiger partial charge in [0.25, 0.3) is 10.0 Å². The maximum atomic E-state index is 12.5. The van der Waals surface area contributed by atoms with Gasteiger partial charge in [-0.15, -0.1) is 0 Å². The van der Waals surface area contributed by atoms with Gasteiger partial charge in [-0.1, -0.05) is 0 Å². The topological polar surface area (TPSA) is 67.9 Å². The minimum absolute atomic E-state index is 0.116. The molecular weight excluding hydrogens is 316 g/mol. The van der Waals surface area contributed by atoms with Crippen LogP contribution >= 0.6 is 0 Å². The van der Waals surface area contributed by atoms with Crippen LogP contribution in [0.25, 0.3) is 0 Å². The summed E-state index contributed by atoms with van der Waals surface area (Å²) in [6.07, 6.45) is 0.922. The van der Waals surface area contributed by atoms with E-state index in [4.69, 9.17) is 9.47 Å². The molecule has 0 aromatic heterocycles. The van der Waals surface area contributed by atoms with Crippen LogP contribution < -0.4 is 19.1 Å². The highest BCUT2D eigenvalue weighted by Crippen LogP contribution is 2.35. The van der Waals surface area contributed by atoms with E-state index in [1.807, 2.05) is 19.2 Å². The number of sulfonamides is 1. The molecule has 2 aliphatic rings. The van der Waals surface area contributed by atoms with E-state index in [1.54, 1.807) is 12.1 Å². The molecule has 0 aliphatic carbocycles. The van der Waals surface area contributed by atoms with Crippen LogP contribution in [0.4, 0.5) is 11.4 Å². The van der Waals surface area contributed by atoms with Gasteiger partial charge >= 0.3 is 0 Å². The van der Waals surface area contributed by atoms with E-state index in [1.165, 1.54) is 12.1 Å². The molecule has 0 bridgehead atoms. The summed E-state index contributed by atoms with van der Waals surface area (Å²) in [6, 6.07) is 10.2. The minimum atomic E-state index is -3.67. The number of rotatable bonds is 3. The van der Waals surface area contributed by atoms with Crippen LogP contribution in [0.15, 0.2) is 41.3 Å². The van der Waals surface area contributed by atoms with Gasteiger partial charge < -0.3 is 14.4 Å². The van der Waals surface area contributed by atoms with Crippen molar-refractivity contribution in [2.45, 2.75) is 11.3 Å². The molecule has 6 nitrogen and oxygen atoms in total. The fourth-order valence-electron chi connectivity index (χ4n) is 2.89. The average Bonchev–Trinajstić information content (AvgIpc) is 3.13. The second kappa shape index (κ2) is 5.06. The molecule has 0 saturated carbocycles. The van der Waals surface area contributed by atoms with Gasteiger partial charge in [0, 0.05) is 31.0 Å². The highest BCUT2D eigenvalue weighted by Gasteiger charge is 2.21. The van der Waals surface area contributed by atoms with Crippen LogP contribution in [0, 0.1) is 0 Å². The molecule has 4 rings (SSSR count). The van der Waals surface area contributed by atoms with Crippen LogP contribution in [0.3, 0.4) is 0 Å². The zero-order chi connectivity index (χ0) is 16.0. The third kappa shape index (κ3) is 2.46. The maximum absolute atomic E-state index is 12.5. The van der Waals surface area contributed by atoms with Crippen LogP contribution in [0.2, 0.25) is 0 Å². The average molecular weight is 332 g/mol. The lowest BCUT2D eigenvalue weighted by molar-refractivity contribution is 0.174. The highest BCUT2D eigenvalue weighted by molar-refractivity contribution is 7.92. The predicted molar refractivity (Wildman–Crippen MR) is 86.8 cm³/mol. The first-order valence-corrected chi connectivity index (χ1v) is 8.78. The molecule has 0 amide bonds. The maximum Gasteiger partial charge on any atom is 0.262 e. The second-order valence-corrected chi connectivity index (χ2v) is 7.32. The molecule has 0 radical (unpaired) electrons. The van der Waals surface area contributed by atoms with E-state index < -0.39 is 10.0 Å². The van der Waals surface area contributed by atoms with Crippen molar-refractivity contribution >= 4 is 21.4 Å². The van der Waals surface area contributed by atoms with Gasteiger partial charge in [-0.05, 0) is 42.3 Å². The van der Waals surface area contributed by atoms with Gasteiger partial charge in [0.2, 0.25) is 6.79 Å². The van der Waals surface area contributed by atoms with Crippen molar-refractivity contribution in [3.05, 3.63) is 42.0 Å². The number of hydrogen-bond donors (Lipinski definition) is 1. The zero-order valence-corrected chi connectivity index (χ0v) is 13.4. The largest absolute Gasteiger partial charge is 0.454 e. The summed E-state index contributed by atoms with van der Waals surface area (Å²) in [5, 5.41) is 0. The van der Waals surface area contributed by atoms with Crippen molar-refractivity contribution in [3.8, 4) is 11.5 Å². The van der Waals surface area contributed by atoms with E-state index in [9.17, 15) is 8.42 Å². The fraction of sp³-hybridized carbons (Fsp3) is 0.250. The van der Waals surface area contributed by atoms with Gasteiger partial charge in [0.05, 0.1) is 4.90 Å². The van der Waals surface area contributed by atoms with Gasteiger partial charge in [0.15, 0.2) is 11.5 Å². The first kappa shape index (κ1) is 14.2. The van der Waals surface area contributed by atoms with E-state index in [-0.39, 0.29) is 11.7 Å². The summed E-state index contributed by atoms with van der Waals surface area (Å²) in [7, 11) is -1.63. The lowest BCUT2D eigenvalue weighted by atomic mass is 10.1. The van der Waals surface area contributed by atoms with Crippen molar-refractivity contribution in [1.29, 1.82) is 0 Å². The molecule has 1 N–H and O–H groups in total. The monoisotopic (exact) mass is 332 g/mol. The number of fused-ring (bicyclic) bond motifs is 2. The number of benzene rings is 2. The summed E-state index contributed by atoms with van der Waals surface area (Å²) < 4.78 is 38.2. The highest BCUT2D eigenvalue weighted by atomic mass is 32.2. The first-order valence-electron chi connectivity index (χ1n) is 7.29. The molecule has 120 valence electrons. The lowest BCUT2D eigenvalue weighted by Crippen LogP contribution is -2.13.